The Labute approximate surface area is 134 Å². The number of aromatic nitrogens is 1. The first-order valence-corrected chi connectivity index (χ1v) is 7.38. The molecule has 1 aromatic carbocycles. The van der Waals surface area contributed by atoms with Crippen molar-refractivity contribution < 1.29 is 14.3 Å². The van der Waals surface area contributed by atoms with E-state index in [9.17, 15) is 9.59 Å². The summed E-state index contributed by atoms with van der Waals surface area (Å²) in [5.74, 6) is -0.0647. The molecule has 6 nitrogen and oxygen atoms in total. The van der Waals surface area contributed by atoms with Gasteiger partial charge in [-0.1, -0.05) is 12.1 Å². The molecular weight excluding hydrogens is 294 g/mol. The molecule has 2 aromatic rings. The highest BCUT2D eigenvalue weighted by atomic mass is 16.5. The number of rotatable bonds is 3. The van der Waals surface area contributed by atoms with E-state index in [4.69, 9.17) is 4.74 Å². The third-order valence-electron chi connectivity index (χ3n) is 3.70. The molecule has 0 saturated carbocycles. The van der Waals surface area contributed by atoms with Gasteiger partial charge in [0.2, 0.25) is 0 Å². The zero-order valence-electron chi connectivity index (χ0n) is 13.0. The minimum Gasteiger partial charge on any atom is -0.465 e. The summed E-state index contributed by atoms with van der Waals surface area (Å²) in [7, 11) is 1.71. The lowest BCUT2D eigenvalue weighted by molar-refractivity contribution is -0.141. The van der Waals surface area contributed by atoms with Gasteiger partial charge in [-0.15, -0.1) is 0 Å². The fraction of sp³-hybridized carbons (Fsp3) is 0.235. The molecule has 0 spiro atoms. The Morgan fingerprint density at radius 3 is 2.65 bits per heavy atom. The summed E-state index contributed by atoms with van der Waals surface area (Å²) in [5, 5.41) is 0. The molecule has 0 unspecified atom stereocenters. The van der Waals surface area contributed by atoms with E-state index in [1.807, 2.05) is 24.3 Å². The molecule has 0 bridgehead atoms. The van der Waals surface area contributed by atoms with Crippen molar-refractivity contribution >= 4 is 29.1 Å². The highest BCUT2D eigenvalue weighted by molar-refractivity contribution is 6.13. The molecule has 0 N–H and O–H groups in total. The van der Waals surface area contributed by atoms with Crippen LogP contribution in [0.1, 0.15) is 17.3 Å². The highest BCUT2D eigenvalue weighted by Gasteiger charge is 2.30. The first-order chi connectivity index (χ1) is 11.1. The standard InChI is InChI=1S/C17H17N3O3/c1-3-23-15(21)11-20-14-9-5-4-8-13(14)19(2)17(22)12-7-6-10-18-16(12)20/h4-10H,3,11H2,1-2H3. The van der Waals surface area contributed by atoms with E-state index in [2.05, 4.69) is 4.98 Å². The van der Waals surface area contributed by atoms with Crippen molar-refractivity contribution in [3.8, 4) is 0 Å². The largest absolute Gasteiger partial charge is 0.465 e. The number of hydrogen-bond donors (Lipinski definition) is 0. The van der Waals surface area contributed by atoms with Crippen molar-refractivity contribution in [1.29, 1.82) is 0 Å². The van der Waals surface area contributed by atoms with Gasteiger partial charge in [0.15, 0.2) is 0 Å². The van der Waals surface area contributed by atoms with Crippen LogP contribution in [0.5, 0.6) is 0 Å². The van der Waals surface area contributed by atoms with Crippen molar-refractivity contribution in [2.45, 2.75) is 6.92 Å². The number of benzene rings is 1. The van der Waals surface area contributed by atoms with Crippen LogP contribution in [0, 0.1) is 0 Å². The summed E-state index contributed by atoms with van der Waals surface area (Å²) in [4.78, 5) is 32.3. The monoisotopic (exact) mass is 311 g/mol. The molecule has 1 aliphatic heterocycles. The Kier molecular flexibility index (Phi) is 3.97. The summed E-state index contributed by atoms with van der Waals surface area (Å²) in [6.45, 7) is 2.07. The fourth-order valence-electron chi connectivity index (χ4n) is 2.65. The molecule has 0 aliphatic carbocycles. The second-order valence-electron chi connectivity index (χ2n) is 5.12. The molecule has 118 valence electrons. The van der Waals surface area contributed by atoms with E-state index >= 15 is 0 Å². The zero-order chi connectivity index (χ0) is 16.4. The Morgan fingerprint density at radius 1 is 1.17 bits per heavy atom. The van der Waals surface area contributed by atoms with E-state index in [0.717, 1.165) is 11.4 Å². The Hall–Kier alpha value is -2.89. The molecular formula is C17H17N3O3. The molecule has 0 atom stereocenters. The van der Waals surface area contributed by atoms with E-state index < -0.39 is 0 Å². The fourth-order valence-corrected chi connectivity index (χ4v) is 2.65. The molecule has 2 heterocycles. The van der Waals surface area contributed by atoms with Gasteiger partial charge in [0.05, 0.1) is 23.5 Å². The number of carbonyl (C=O) groups excluding carboxylic acids is 2. The number of hydrogen-bond acceptors (Lipinski definition) is 5. The molecule has 6 heteroatoms. The minimum absolute atomic E-state index is 0.00398. The number of para-hydroxylation sites is 2. The number of anilines is 3. The Bertz CT molecular complexity index is 760. The first kappa shape index (κ1) is 15.0. The number of fused-ring (bicyclic) bond motifs is 2. The SMILES string of the molecule is CCOC(=O)CN1c2ccccc2N(C)C(=O)c2cccnc21. The average molecular weight is 311 g/mol. The predicted molar refractivity (Wildman–Crippen MR) is 87.1 cm³/mol. The van der Waals surface area contributed by atoms with Crippen LogP contribution < -0.4 is 9.80 Å². The van der Waals surface area contributed by atoms with Gasteiger partial charge < -0.3 is 14.5 Å². The molecule has 1 aromatic heterocycles. The summed E-state index contributed by atoms with van der Waals surface area (Å²) in [6, 6.07) is 10.9. The number of pyridine rings is 1. The normalized spacial score (nSPS) is 13.2. The maximum Gasteiger partial charge on any atom is 0.326 e. The van der Waals surface area contributed by atoms with Gasteiger partial charge in [0.25, 0.3) is 5.91 Å². The molecule has 3 rings (SSSR count). The van der Waals surface area contributed by atoms with Crippen LogP contribution in [0.15, 0.2) is 42.6 Å². The maximum atomic E-state index is 12.7. The minimum atomic E-state index is -0.365. The zero-order valence-corrected chi connectivity index (χ0v) is 13.0. The number of ether oxygens (including phenoxy) is 1. The number of esters is 1. The number of amides is 1. The third kappa shape index (κ3) is 2.63. The van der Waals surface area contributed by atoms with Crippen LogP contribution in [0.3, 0.4) is 0 Å². The summed E-state index contributed by atoms with van der Waals surface area (Å²) >= 11 is 0. The molecule has 1 amide bonds. The maximum absolute atomic E-state index is 12.7. The number of carbonyl (C=O) groups is 2. The lowest BCUT2D eigenvalue weighted by atomic mass is 10.2. The van der Waals surface area contributed by atoms with Crippen molar-refractivity contribution in [2.75, 3.05) is 30.0 Å². The lowest BCUT2D eigenvalue weighted by Gasteiger charge is -2.24. The Morgan fingerprint density at radius 2 is 1.91 bits per heavy atom. The van der Waals surface area contributed by atoms with Crippen molar-refractivity contribution in [3.63, 3.8) is 0 Å². The molecule has 0 saturated heterocycles. The van der Waals surface area contributed by atoms with Crippen molar-refractivity contribution in [2.24, 2.45) is 0 Å². The predicted octanol–water partition coefficient (Wildman–Crippen LogP) is 2.37. The van der Waals surface area contributed by atoms with Gasteiger partial charge >= 0.3 is 5.97 Å². The lowest BCUT2D eigenvalue weighted by Crippen LogP contribution is -2.28. The summed E-state index contributed by atoms with van der Waals surface area (Å²) in [5.41, 5.74) is 1.92. The van der Waals surface area contributed by atoms with Gasteiger partial charge in [-0.25, -0.2) is 4.98 Å². The number of nitrogens with zero attached hydrogens (tertiary/aromatic N) is 3. The first-order valence-electron chi connectivity index (χ1n) is 7.38. The molecule has 1 aliphatic rings. The van der Waals surface area contributed by atoms with E-state index in [1.54, 1.807) is 42.1 Å². The van der Waals surface area contributed by atoms with Crippen LogP contribution in [-0.2, 0) is 9.53 Å². The molecule has 0 fully saturated rings. The van der Waals surface area contributed by atoms with Crippen LogP contribution in [0.4, 0.5) is 17.2 Å². The van der Waals surface area contributed by atoms with Gasteiger partial charge in [-0.05, 0) is 31.2 Å². The van der Waals surface area contributed by atoms with Crippen molar-refractivity contribution in [3.05, 3.63) is 48.2 Å². The van der Waals surface area contributed by atoms with Gasteiger partial charge in [-0.3, -0.25) is 9.59 Å². The quantitative estimate of drug-likeness (QED) is 0.814. The van der Waals surface area contributed by atoms with Gasteiger partial charge in [0, 0.05) is 13.2 Å². The van der Waals surface area contributed by atoms with Crippen LogP contribution in [0.2, 0.25) is 0 Å². The summed E-state index contributed by atoms with van der Waals surface area (Å²) in [6.07, 6.45) is 1.61. The smallest absolute Gasteiger partial charge is 0.326 e. The average Bonchev–Trinajstić information content (AvgIpc) is 2.66. The van der Waals surface area contributed by atoms with Gasteiger partial charge in [-0.2, -0.15) is 0 Å². The van der Waals surface area contributed by atoms with E-state index in [0.29, 0.717) is 18.0 Å². The highest BCUT2D eigenvalue weighted by Crippen LogP contribution is 2.38. The van der Waals surface area contributed by atoms with Crippen molar-refractivity contribution in [1.82, 2.24) is 4.98 Å². The van der Waals surface area contributed by atoms with E-state index in [1.165, 1.54) is 0 Å². The third-order valence-corrected chi connectivity index (χ3v) is 3.70. The second-order valence-corrected chi connectivity index (χ2v) is 5.12. The van der Waals surface area contributed by atoms with Crippen LogP contribution in [0.25, 0.3) is 0 Å². The van der Waals surface area contributed by atoms with Crippen LogP contribution >= 0.6 is 0 Å². The summed E-state index contributed by atoms with van der Waals surface area (Å²) < 4.78 is 5.06. The molecule has 23 heavy (non-hydrogen) atoms. The molecule has 0 radical (unpaired) electrons. The van der Waals surface area contributed by atoms with Gasteiger partial charge in [0.1, 0.15) is 12.4 Å². The second kappa shape index (κ2) is 6.08. The Balaban J connectivity index is 2.17. The van der Waals surface area contributed by atoms with Crippen LogP contribution in [-0.4, -0.2) is 37.1 Å². The van der Waals surface area contributed by atoms with E-state index in [-0.39, 0.29) is 18.4 Å². The topological polar surface area (TPSA) is 62.7 Å².